The number of carboxylic acids is 1. The van der Waals surface area contributed by atoms with Gasteiger partial charge < -0.3 is 15.2 Å². The molecule has 0 saturated carbocycles. The minimum atomic E-state index is -1.05. The summed E-state index contributed by atoms with van der Waals surface area (Å²) in [6.07, 6.45) is 1.92. The van der Waals surface area contributed by atoms with Gasteiger partial charge in [0.15, 0.2) is 0 Å². The van der Waals surface area contributed by atoms with E-state index in [-0.39, 0.29) is 17.1 Å². The zero-order valence-corrected chi connectivity index (χ0v) is 10.3. The zero-order valence-electron chi connectivity index (χ0n) is 10.3. The predicted molar refractivity (Wildman–Crippen MR) is 62.6 cm³/mol. The van der Waals surface area contributed by atoms with Gasteiger partial charge in [0.1, 0.15) is 0 Å². The summed E-state index contributed by atoms with van der Waals surface area (Å²) < 4.78 is 5.23. The smallest absolute Gasteiger partial charge is 0.331 e. The van der Waals surface area contributed by atoms with Gasteiger partial charge in [-0.2, -0.15) is 0 Å². The maximum absolute atomic E-state index is 11.6. The first-order valence-electron chi connectivity index (χ1n) is 5.79. The molecule has 1 heterocycles. The number of amides is 1. The largest absolute Gasteiger partial charge is 0.478 e. The number of rotatable bonds is 5. The molecule has 1 aliphatic heterocycles. The number of ether oxygens (including phenoxy) is 1. The van der Waals surface area contributed by atoms with Crippen LogP contribution in [-0.2, 0) is 14.3 Å². The van der Waals surface area contributed by atoms with Crippen LogP contribution in [0.5, 0.6) is 0 Å². The molecule has 1 amide bonds. The molecule has 0 aromatic rings. The van der Waals surface area contributed by atoms with Crippen molar-refractivity contribution < 1.29 is 19.4 Å². The number of nitrogens with one attached hydrogen (secondary N) is 1. The first-order valence-corrected chi connectivity index (χ1v) is 5.79. The Kier molecular flexibility index (Phi) is 5.15. The van der Waals surface area contributed by atoms with Crippen LogP contribution in [0.25, 0.3) is 0 Å². The molecule has 5 nitrogen and oxygen atoms in total. The topological polar surface area (TPSA) is 75.6 Å². The molecule has 1 unspecified atom stereocenters. The molecule has 0 bridgehead atoms. The Morgan fingerprint density at radius 1 is 1.35 bits per heavy atom. The Labute approximate surface area is 101 Å². The van der Waals surface area contributed by atoms with Crippen LogP contribution in [0.3, 0.4) is 0 Å². The van der Waals surface area contributed by atoms with Crippen molar-refractivity contribution in [2.75, 3.05) is 19.8 Å². The summed E-state index contributed by atoms with van der Waals surface area (Å²) >= 11 is 0. The summed E-state index contributed by atoms with van der Waals surface area (Å²) in [4.78, 5) is 22.3. The molecule has 1 atom stereocenters. The van der Waals surface area contributed by atoms with E-state index in [2.05, 4.69) is 5.32 Å². The van der Waals surface area contributed by atoms with Crippen LogP contribution in [0.1, 0.15) is 26.7 Å². The van der Waals surface area contributed by atoms with Crippen LogP contribution >= 0.6 is 0 Å². The van der Waals surface area contributed by atoms with Crippen molar-refractivity contribution in [3.05, 3.63) is 11.1 Å². The first kappa shape index (κ1) is 13.7. The first-order chi connectivity index (χ1) is 8.02. The molecule has 0 radical (unpaired) electrons. The second-order valence-electron chi connectivity index (χ2n) is 4.33. The summed E-state index contributed by atoms with van der Waals surface area (Å²) in [5, 5.41) is 11.5. The van der Waals surface area contributed by atoms with Crippen molar-refractivity contribution in [3.8, 4) is 0 Å². The van der Waals surface area contributed by atoms with Gasteiger partial charge in [-0.25, -0.2) is 4.79 Å². The van der Waals surface area contributed by atoms with E-state index < -0.39 is 5.97 Å². The zero-order chi connectivity index (χ0) is 12.8. The van der Waals surface area contributed by atoms with Crippen LogP contribution in [0.4, 0.5) is 0 Å². The molecule has 1 aliphatic rings. The molecule has 0 aliphatic carbocycles. The van der Waals surface area contributed by atoms with E-state index in [1.165, 1.54) is 13.8 Å². The Hall–Kier alpha value is -1.36. The lowest BCUT2D eigenvalue weighted by Crippen LogP contribution is -2.27. The highest BCUT2D eigenvalue weighted by molar-refractivity contribution is 6.01. The number of hydrogen-bond acceptors (Lipinski definition) is 3. The molecule has 2 N–H and O–H groups in total. The third-order valence-electron chi connectivity index (χ3n) is 3.09. The van der Waals surface area contributed by atoms with Gasteiger partial charge in [-0.05, 0) is 32.6 Å². The molecule has 0 spiro atoms. The monoisotopic (exact) mass is 241 g/mol. The Morgan fingerprint density at radius 3 is 2.59 bits per heavy atom. The van der Waals surface area contributed by atoms with Gasteiger partial charge in [-0.1, -0.05) is 0 Å². The molecule has 5 heteroatoms. The third-order valence-corrected chi connectivity index (χ3v) is 3.09. The maximum atomic E-state index is 11.6. The van der Waals surface area contributed by atoms with Gasteiger partial charge in [0, 0.05) is 30.9 Å². The van der Waals surface area contributed by atoms with Crippen LogP contribution in [0.2, 0.25) is 0 Å². The number of carbonyl (C=O) groups excluding carboxylic acids is 1. The minimum absolute atomic E-state index is 0.0895. The van der Waals surface area contributed by atoms with Crippen LogP contribution in [-0.4, -0.2) is 36.7 Å². The number of aliphatic carboxylic acids is 1. The SMILES string of the molecule is CC(C(=O)O)=C(C)C(=O)NCCC1CCOC1. The summed E-state index contributed by atoms with van der Waals surface area (Å²) in [6.45, 7) is 5.09. The molecule has 0 aromatic carbocycles. The fourth-order valence-electron chi connectivity index (χ4n) is 1.66. The summed E-state index contributed by atoms with van der Waals surface area (Å²) in [6, 6.07) is 0. The molecule has 1 fully saturated rings. The number of carbonyl (C=O) groups is 2. The molecule has 96 valence electrons. The van der Waals surface area contributed by atoms with E-state index in [0.717, 1.165) is 26.1 Å². The molecular weight excluding hydrogens is 222 g/mol. The van der Waals surface area contributed by atoms with Crippen molar-refractivity contribution >= 4 is 11.9 Å². The van der Waals surface area contributed by atoms with Crippen LogP contribution in [0, 0.1) is 5.92 Å². The quantitative estimate of drug-likeness (QED) is 0.703. The lowest BCUT2D eigenvalue weighted by Gasteiger charge is -2.09. The van der Waals surface area contributed by atoms with Crippen molar-refractivity contribution in [2.24, 2.45) is 5.92 Å². The molecule has 17 heavy (non-hydrogen) atoms. The normalized spacial score (nSPS) is 20.9. The highest BCUT2D eigenvalue weighted by Crippen LogP contribution is 2.15. The van der Waals surface area contributed by atoms with E-state index in [0.29, 0.717) is 12.5 Å². The lowest BCUT2D eigenvalue weighted by molar-refractivity contribution is -0.133. The third kappa shape index (κ3) is 4.19. The maximum Gasteiger partial charge on any atom is 0.331 e. The molecule has 1 rings (SSSR count). The predicted octanol–water partition coefficient (Wildman–Crippen LogP) is 0.950. The van der Waals surface area contributed by atoms with Gasteiger partial charge in [0.25, 0.3) is 0 Å². The van der Waals surface area contributed by atoms with Gasteiger partial charge in [0.2, 0.25) is 5.91 Å². The Morgan fingerprint density at radius 2 is 2.06 bits per heavy atom. The number of hydrogen-bond donors (Lipinski definition) is 2. The average molecular weight is 241 g/mol. The second-order valence-corrected chi connectivity index (χ2v) is 4.33. The summed E-state index contributed by atoms with van der Waals surface area (Å²) in [5.74, 6) is -0.842. The van der Waals surface area contributed by atoms with E-state index in [9.17, 15) is 9.59 Å². The highest BCUT2D eigenvalue weighted by Gasteiger charge is 2.16. The summed E-state index contributed by atoms with van der Waals surface area (Å²) in [7, 11) is 0. The van der Waals surface area contributed by atoms with E-state index in [4.69, 9.17) is 9.84 Å². The van der Waals surface area contributed by atoms with Gasteiger partial charge in [-0.3, -0.25) is 4.79 Å². The van der Waals surface area contributed by atoms with Crippen molar-refractivity contribution in [3.63, 3.8) is 0 Å². The number of carboxylic acid groups (broad SMARTS) is 1. The van der Waals surface area contributed by atoms with E-state index in [1.807, 2.05) is 0 Å². The van der Waals surface area contributed by atoms with Gasteiger partial charge in [-0.15, -0.1) is 0 Å². The van der Waals surface area contributed by atoms with Crippen LogP contribution in [0.15, 0.2) is 11.1 Å². The van der Waals surface area contributed by atoms with Crippen molar-refractivity contribution in [2.45, 2.75) is 26.7 Å². The van der Waals surface area contributed by atoms with Crippen molar-refractivity contribution in [1.82, 2.24) is 5.32 Å². The van der Waals surface area contributed by atoms with Gasteiger partial charge >= 0.3 is 5.97 Å². The van der Waals surface area contributed by atoms with Gasteiger partial charge in [0.05, 0.1) is 0 Å². The highest BCUT2D eigenvalue weighted by atomic mass is 16.5. The van der Waals surface area contributed by atoms with Crippen molar-refractivity contribution in [1.29, 1.82) is 0 Å². The second kappa shape index (κ2) is 6.39. The van der Waals surface area contributed by atoms with Crippen LogP contribution < -0.4 is 5.32 Å². The lowest BCUT2D eigenvalue weighted by atomic mass is 10.1. The Bertz CT molecular complexity index is 329. The fourth-order valence-corrected chi connectivity index (χ4v) is 1.66. The molecule has 1 saturated heterocycles. The molecular formula is C12H19NO4. The molecule has 0 aromatic heterocycles. The average Bonchev–Trinajstić information content (AvgIpc) is 2.79. The Balaban J connectivity index is 2.33. The van der Waals surface area contributed by atoms with E-state index in [1.54, 1.807) is 0 Å². The minimum Gasteiger partial charge on any atom is -0.478 e. The van der Waals surface area contributed by atoms with E-state index >= 15 is 0 Å². The summed E-state index contributed by atoms with van der Waals surface area (Å²) in [5.41, 5.74) is 0.354. The standard InChI is InChI=1S/C12H19NO4/c1-8(9(2)12(15)16)11(14)13-5-3-10-4-6-17-7-10/h10H,3-7H2,1-2H3,(H,13,14)(H,15,16). The fraction of sp³-hybridized carbons (Fsp3) is 0.667.